The molecular formula is C20H32O3. The Morgan fingerprint density at radius 3 is 2.13 bits per heavy atom. The van der Waals surface area contributed by atoms with Crippen molar-refractivity contribution >= 4 is 17.3 Å². The molecule has 1 saturated carbocycles. The van der Waals surface area contributed by atoms with Crippen LogP contribution in [0.5, 0.6) is 0 Å². The summed E-state index contributed by atoms with van der Waals surface area (Å²) in [6.45, 7) is 11.8. The summed E-state index contributed by atoms with van der Waals surface area (Å²) in [5.74, 6) is 0.720. The Morgan fingerprint density at radius 1 is 0.870 bits per heavy atom. The fourth-order valence-electron chi connectivity index (χ4n) is 3.24. The first-order chi connectivity index (χ1) is 10.7. The first kappa shape index (κ1) is 19.8. The molecule has 0 aromatic heterocycles. The van der Waals surface area contributed by atoms with E-state index in [2.05, 4.69) is 6.58 Å². The molecule has 3 nitrogen and oxygen atoms in total. The zero-order valence-corrected chi connectivity index (χ0v) is 15.2. The van der Waals surface area contributed by atoms with Crippen molar-refractivity contribution in [1.29, 1.82) is 0 Å². The number of ketones is 3. The molecule has 0 heterocycles. The van der Waals surface area contributed by atoms with Gasteiger partial charge < -0.3 is 0 Å². The van der Waals surface area contributed by atoms with Crippen LogP contribution in [-0.4, -0.2) is 17.3 Å². The van der Waals surface area contributed by atoms with Crippen LogP contribution >= 0.6 is 0 Å². The van der Waals surface area contributed by atoms with Gasteiger partial charge in [-0.1, -0.05) is 32.9 Å². The third-order valence-electron chi connectivity index (χ3n) is 5.19. The Kier molecular flexibility index (Phi) is 7.87. The van der Waals surface area contributed by atoms with Gasteiger partial charge in [-0.15, -0.1) is 0 Å². The maximum atomic E-state index is 12.4. The first-order valence-corrected chi connectivity index (χ1v) is 8.93. The zero-order chi connectivity index (χ0) is 17.6. The van der Waals surface area contributed by atoms with Gasteiger partial charge in [-0.25, -0.2) is 0 Å². The topological polar surface area (TPSA) is 51.2 Å². The molecule has 0 amide bonds. The van der Waals surface area contributed by atoms with Crippen molar-refractivity contribution in [2.24, 2.45) is 23.7 Å². The Bertz CT molecular complexity index is 464. The summed E-state index contributed by atoms with van der Waals surface area (Å²) < 4.78 is 0. The van der Waals surface area contributed by atoms with E-state index < -0.39 is 0 Å². The zero-order valence-electron chi connectivity index (χ0n) is 15.2. The van der Waals surface area contributed by atoms with Gasteiger partial charge in [0.25, 0.3) is 0 Å². The smallest absolute Gasteiger partial charge is 0.136 e. The van der Waals surface area contributed by atoms with E-state index in [1.807, 2.05) is 27.7 Å². The van der Waals surface area contributed by atoms with Crippen LogP contribution in [-0.2, 0) is 14.4 Å². The van der Waals surface area contributed by atoms with Crippen molar-refractivity contribution in [3.05, 3.63) is 12.2 Å². The molecule has 1 fully saturated rings. The molecule has 3 heteroatoms. The molecular weight excluding hydrogens is 288 g/mol. The normalized spacial score (nSPS) is 32.4. The number of carbonyl (C=O) groups excluding carboxylic acids is 3. The van der Waals surface area contributed by atoms with Crippen molar-refractivity contribution in [3.63, 3.8) is 0 Å². The van der Waals surface area contributed by atoms with E-state index in [-0.39, 0.29) is 41.0 Å². The van der Waals surface area contributed by atoms with E-state index in [1.165, 1.54) is 0 Å². The third kappa shape index (κ3) is 6.80. The molecule has 1 aliphatic rings. The van der Waals surface area contributed by atoms with Crippen LogP contribution < -0.4 is 0 Å². The number of allylic oxidation sites excluding steroid dienone is 1. The summed E-state index contributed by atoms with van der Waals surface area (Å²) in [4.78, 5) is 36.8. The quantitative estimate of drug-likeness (QED) is 0.667. The fraction of sp³-hybridized carbons (Fsp3) is 0.750. The Balaban J connectivity index is 2.86. The lowest BCUT2D eigenvalue weighted by molar-refractivity contribution is -0.128. The van der Waals surface area contributed by atoms with Gasteiger partial charge in [0.15, 0.2) is 0 Å². The largest absolute Gasteiger partial charge is 0.300 e. The molecule has 130 valence electrons. The van der Waals surface area contributed by atoms with Crippen LogP contribution in [0.2, 0.25) is 0 Å². The highest BCUT2D eigenvalue weighted by Crippen LogP contribution is 2.27. The van der Waals surface area contributed by atoms with Crippen LogP contribution in [0.3, 0.4) is 0 Å². The van der Waals surface area contributed by atoms with E-state index in [0.717, 1.165) is 24.8 Å². The van der Waals surface area contributed by atoms with Gasteiger partial charge in [0.1, 0.15) is 17.3 Å². The molecule has 4 atom stereocenters. The standard InChI is InChI=1S/C20H32O3/c1-13(2)17-8-7-15(4)19(22)9-6-14(3)10-18(21)11-16(5)20(23)12-17/h14-17H,1,6-12H2,2-5H3/t14-,15?,16?,17?/m1/s1. The first-order valence-electron chi connectivity index (χ1n) is 8.93. The lowest BCUT2D eigenvalue weighted by Gasteiger charge is -2.21. The van der Waals surface area contributed by atoms with Gasteiger partial charge in [0.2, 0.25) is 0 Å². The summed E-state index contributed by atoms with van der Waals surface area (Å²) >= 11 is 0. The SMILES string of the molecule is C=C(C)C1CCC(C)C(=O)CC[C@@H](C)CC(=O)CC(C)C(=O)C1. The second kappa shape index (κ2) is 9.14. The van der Waals surface area contributed by atoms with E-state index >= 15 is 0 Å². The molecule has 0 radical (unpaired) electrons. The second-order valence-electron chi connectivity index (χ2n) is 7.65. The molecule has 1 rings (SSSR count). The minimum Gasteiger partial charge on any atom is -0.300 e. The molecule has 0 N–H and O–H groups in total. The molecule has 0 aromatic rings. The van der Waals surface area contributed by atoms with Crippen molar-refractivity contribution < 1.29 is 14.4 Å². The Labute approximate surface area is 140 Å². The fourth-order valence-corrected chi connectivity index (χ4v) is 3.24. The van der Waals surface area contributed by atoms with Crippen molar-refractivity contribution in [1.82, 2.24) is 0 Å². The highest BCUT2D eigenvalue weighted by molar-refractivity contribution is 5.88. The lowest BCUT2D eigenvalue weighted by atomic mass is 9.82. The average molecular weight is 320 g/mol. The summed E-state index contributed by atoms with van der Waals surface area (Å²) in [5.41, 5.74) is 0.997. The lowest BCUT2D eigenvalue weighted by Crippen LogP contribution is -2.22. The van der Waals surface area contributed by atoms with Gasteiger partial charge in [-0.2, -0.15) is 0 Å². The molecule has 0 aliphatic heterocycles. The summed E-state index contributed by atoms with van der Waals surface area (Å²) in [6.07, 6.45) is 4.21. The van der Waals surface area contributed by atoms with Crippen molar-refractivity contribution in [2.75, 3.05) is 0 Å². The molecule has 1 aliphatic carbocycles. The van der Waals surface area contributed by atoms with E-state index in [9.17, 15) is 14.4 Å². The second-order valence-corrected chi connectivity index (χ2v) is 7.65. The van der Waals surface area contributed by atoms with E-state index in [4.69, 9.17) is 0 Å². The maximum absolute atomic E-state index is 12.4. The van der Waals surface area contributed by atoms with Crippen molar-refractivity contribution in [3.8, 4) is 0 Å². The maximum Gasteiger partial charge on any atom is 0.136 e. The molecule has 0 aromatic carbocycles. The number of carbonyl (C=O) groups is 3. The van der Waals surface area contributed by atoms with Crippen molar-refractivity contribution in [2.45, 2.75) is 72.6 Å². The minimum absolute atomic E-state index is 0.0233. The molecule has 0 bridgehead atoms. The summed E-state index contributed by atoms with van der Waals surface area (Å²) in [7, 11) is 0. The van der Waals surface area contributed by atoms with E-state index in [0.29, 0.717) is 25.7 Å². The third-order valence-corrected chi connectivity index (χ3v) is 5.19. The molecule has 3 unspecified atom stereocenters. The van der Waals surface area contributed by atoms with Crippen LogP contribution in [0.1, 0.15) is 72.6 Å². The predicted octanol–water partition coefficient (Wildman–Crippen LogP) is 4.54. The minimum atomic E-state index is -0.210. The number of hydrogen-bond acceptors (Lipinski definition) is 3. The van der Waals surface area contributed by atoms with Gasteiger partial charge in [0, 0.05) is 37.5 Å². The van der Waals surface area contributed by atoms with Crippen LogP contribution in [0, 0.1) is 23.7 Å². The number of hydrogen-bond donors (Lipinski definition) is 0. The molecule has 0 saturated heterocycles. The molecule has 23 heavy (non-hydrogen) atoms. The predicted molar refractivity (Wildman–Crippen MR) is 93.1 cm³/mol. The Morgan fingerprint density at radius 2 is 1.52 bits per heavy atom. The number of Topliss-reactive ketones (excluding diaryl/α,β-unsaturated/α-hetero) is 3. The van der Waals surface area contributed by atoms with Gasteiger partial charge in [-0.05, 0) is 38.0 Å². The van der Waals surface area contributed by atoms with E-state index in [1.54, 1.807) is 0 Å². The van der Waals surface area contributed by atoms with Crippen LogP contribution in [0.25, 0.3) is 0 Å². The van der Waals surface area contributed by atoms with Crippen LogP contribution in [0.4, 0.5) is 0 Å². The van der Waals surface area contributed by atoms with Crippen LogP contribution in [0.15, 0.2) is 12.2 Å². The molecule has 0 spiro atoms. The average Bonchev–Trinajstić information content (AvgIpc) is 2.46. The highest BCUT2D eigenvalue weighted by Gasteiger charge is 2.24. The monoisotopic (exact) mass is 320 g/mol. The Hall–Kier alpha value is -1.25. The summed E-state index contributed by atoms with van der Waals surface area (Å²) in [5, 5.41) is 0. The van der Waals surface area contributed by atoms with Gasteiger partial charge in [0.05, 0.1) is 0 Å². The van der Waals surface area contributed by atoms with Gasteiger partial charge in [-0.3, -0.25) is 14.4 Å². The van der Waals surface area contributed by atoms with Gasteiger partial charge >= 0.3 is 0 Å². The summed E-state index contributed by atoms with van der Waals surface area (Å²) in [6, 6.07) is 0. The number of rotatable bonds is 1. The highest BCUT2D eigenvalue weighted by atomic mass is 16.1.